The van der Waals surface area contributed by atoms with Gasteiger partial charge in [0.1, 0.15) is 5.75 Å². The van der Waals surface area contributed by atoms with E-state index in [0.29, 0.717) is 18.0 Å². The van der Waals surface area contributed by atoms with E-state index < -0.39 is 0 Å². The quantitative estimate of drug-likeness (QED) is 0.873. The van der Waals surface area contributed by atoms with Gasteiger partial charge in [-0.25, -0.2) is 0 Å². The van der Waals surface area contributed by atoms with Crippen molar-refractivity contribution >= 4 is 23.2 Å². The van der Waals surface area contributed by atoms with Crippen molar-refractivity contribution in [1.82, 2.24) is 10.2 Å². The number of benzene rings is 1. The van der Waals surface area contributed by atoms with Crippen molar-refractivity contribution in [2.24, 2.45) is 0 Å². The Bertz CT molecular complexity index is 474. The molecule has 1 heterocycles. The van der Waals surface area contributed by atoms with E-state index in [1.54, 1.807) is 19.2 Å². The summed E-state index contributed by atoms with van der Waals surface area (Å²) in [5.41, 5.74) is 0.815. The van der Waals surface area contributed by atoms with Crippen LogP contribution in [-0.4, -0.2) is 50.6 Å². The molecule has 1 aromatic rings. The number of carbonyl (C=O) groups is 1. The SMILES string of the molecule is COc1ccc(Cl)cc1NCCC(=O)N1CCCNCC1. The molecule has 0 saturated carbocycles. The van der Waals surface area contributed by atoms with Crippen molar-refractivity contribution < 1.29 is 9.53 Å². The number of amides is 1. The number of nitrogens with zero attached hydrogens (tertiary/aromatic N) is 1. The normalized spacial score (nSPS) is 15.4. The summed E-state index contributed by atoms with van der Waals surface area (Å²) >= 11 is 5.98. The van der Waals surface area contributed by atoms with Gasteiger partial charge in [0.05, 0.1) is 12.8 Å². The van der Waals surface area contributed by atoms with Gasteiger partial charge in [-0.15, -0.1) is 0 Å². The Hall–Kier alpha value is -1.46. The van der Waals surface area contributed by atoms with Crippen LogP contribution in [0.2, 0.25) is 5.02 Å². The summed E-state index contributed by atoms with van der Waals surface area (Å²) in [5.74, 6) is 0.915. The summed E-state index contributed by atoms with van der Waals surface area (Å²) in [6, 6.07) is 5.40. The zero-order valence-corrected chi connectivity index (χ0v) is 13.1. The van der Waals surface area contributed by atoms with Gasteiger partial charge in [0.15, 0.2) is 0 Å². The van der Waals surface area contributed by atoms with Gasteiger partial charge >= 0.3 is 0 Å². The summed E-state index contributed by atoms with van der Waals surface area (Å²) in [6.07, 6.45) is 1.48. The Balaban J connectivity index is 1.83. The number of carbonyl (C=O) groups excluding carboxylic acids is 1. The lowest BCUT2D eigenvalue weighted by Gasteiger charge is -2.20. The predicted octanol–water partition coefficient (Wildman–Crippen LogP) is 1.97. The number of rotatable bonds is 5. The summed E-state index contributed by atoms with van der Waals surface area (Å²) in [6.45, 7) is 4.06. The van der Waals surface area contributed by atoms with Crippen LogP contribution in [0.1, 0.15) is 12.8 Å². The number of methoxy groups -OCH3 is 1. The Morgan fingerprint density at radius 2 is 2.29 bits per heavy atom. The molecule has 0 unspecified atom stereocenters. The third-order valence-corrected chi connectivity index (χ3v) is 3.74. The van der Waals surface area contributed by atoms with Gasteiger partial charge in [-0.2, -0.15) is 0 Å². The van der Waals surface area contributed by atoms with Crippen LogP contribution in [0, 0.1) is 0 Å². The second-order valence-electron chi connectivity index (χ2n) is 5.01. The van der Waals surface area contributed by atoms with Gasteiger partial charge in [-0.1, -0.05) is 11.6 Å². The second-order valence-corrected chi connectivity index (χ2v) is 5.44. The fourth-order valence-corrected chi connectivity index (χ4v) is 2.55. The minimum atomic E-state index is 0.187. The Morgan fingerprint density at radius 1 is 1.43 bits per heavy atom. The van der Waals surface area contributed by atoms with Gasteiger partial charge < -0.3 is 20.3 Å². The van der Waals surface area contributed by atoms with Crippen molar-refractivity contribution in [2.75, 3.05) is 45.2 Å². The van der Waals surface area contributed by atoms with E-state index in [1.165, 1.54) is 0 Å². The molecule has 0 spiro atoms. The molecule has 21 heavy (non-hydrogen) atoms. The van der Waals surface area contributed by atoms with E-state index in [0.717, 1.165) is 44.0 Å². The van der Waals surface area contributed by atoms with Crippen LogP contribution in [0.25, 0.3) is 0 Å². The molecule has 1 saturated heterocycles. The molecule has 5 nitrogen and oxygen atoms in total. The molecule has 1 fully saturated rings. The zero-order chi connectivity index (χ0) is 15.1. The molecule has 0 atom stereocenters. The molecule has 1 aliphatic heterocycles. The molecule has 0 bridgehead atoms. The molecule has 0 aromatic heterocycles. The first-order valence-electron chi connectivity index (χ1n) is 7.26. The maximum absolute atomic E-state index is 12.2. The predicted molar refractivity (Wildman–Crippen MR) is 85.2 cm³/mol. The Morgan fingerprint density at radius 3 is 3.10 bits per heavy atom. The molecule has 0 radical (unpaired) electrons. The van der Waals surface area contributed by atoms with E-state index in [1.807, 2.05) is 11.0 Å². The van der Waals surface area contributed by atoms with E-state index >= 15 is 0 Å². The molecule has 0 aliphatic carbocycles. The molecule has 2 rings (SSSR count). The van der Waals surface area contributed by atoms with Crippen LogP contribution < -0.4 is 15.4 Å². The first-order chi connectivity index (χ1) is 10.2. The topological polar surface area (TPSA) is 53.6 Å². The molecule has 116 valence electrons. The van der Waals surface area contributed by atoms with Crippen molar-refractivity contribution in [3.63, 3.8) is 0 Å². The molecule has 1 amide bonds. The summed E-state index contributed by atoms with van der Waals surface area (Å²) in [7, 11) is 1.61. The van der Waals surface area contributed by atoms with Gasteiger partial charge in [-0.3, -0.25) is 4.79 Å². The third kappa shape index (κ3) is 4.79. The monoisotopic (exact) mass is 311 g/mol. The number of anilines is 1. The van der Waals surface area contributed by atoms with Gasteiger partial charge in [0.25, 0.3) is 0 Å². The largest absolute Gasteiger partial charge is 0.495 e. The third-order valence-electron chi connectivity index (χ3n) is 3.51. The van der Waals surface area contributed by atoms with Crippen molar-refractivity contribution in [2.45, 2.75) is 12.8 Å². The summed E-state index contributed by atoms with van der Waals surface area (Å²) < 4.78 is 5.27. The van der Waals surface area contributed by atoms with E-state index in [9.17, 15) is 4.79 Å². The number of nitrogens with one attached hydrogen (secondary N) is 2. The Labute approximate surface area is 130 Å². The molecule has 1 aromatic carbocycles. The maximum atomic E-state index is 12.2. The fraction of sp³-hybridized carbons (Fsp3) is 0.533. The standard InChI is InChI=1S/C15H22ClN3O2/c1-21-14-4-3-12(16)11-13(14)18-7-5-15(20)19-9-2-6-17-8-10-19/h3-4,11,17-18H,2,5-10H2,1H3. The van der Waals surface area contributed by atoms with E-state index in [4.69, 9.17) is 16.3 Å². The van der Waals surface area contributed by atoms with Crippen LogP contribution in [0.5, 0.6) is 5.75 Å². The minimum absolute atomic E-state index is 0.187. The average molecular weight is 312 g/mol. The first-order valence-corrected chi connectivity index (χ1v) is 7.64. The average Bonchev–Trinajstić information content (AvgIpc) is 2.76. The van der Waals surface area contributed by atoms with Crippen molar-refractivity contribution in [3.05, 3.63) is 23.2 Å². The highest BCUT2D eigenvalue weighted by Crippen LogP contribution is 2.27. The molecule has 1 aliphatic rings. The number of hydrogen-bond acceptors (Lipinski definition) is 4. The first kappa shape index (κ1) is 15.9. The zero-order valence-electron chi connectivity index (χ0n) is 12.3. The highest BCUT2D eigenvalue weighted by atomic mass is 35.5. The van der Waals surface area contributed by atoms with Crippen molar-refractivity contribution in [3.8, 4) is 5.75 Å². The molecular weight excluding hydrogens is 290 g/mol. The highest BCUT2D eigenvalue weighted by molar-refractivity contribution is 6.30. The molecular formula is C15H22ClN3O2. The fourth-order valence-electron chi connectivity index (χ4n) is 2.38. The lowest BCUT2D eigenvalue weighted by molar-refractivity contribution is -0.130. The van der Waals surface area contributed by atoms with Crippen LogP contribution in [0.15, 0.2) is 18.2 Å². The van der Waals surface area contributed by atoms with Gasteiger partial charge in [0, 0.05) is 37.6 Å². The van der Waals surface area contributed by atoms with Gasteiger partial charge in [0.2, 0.25) is 5.91 Å². The summed E-state index contributed by atoms with van der Waals surface area (Å²) in [5, 5.41) is 7.15. The van der Waals surface area contributed by atoms with Crippen LogP contribution in [-0.2, 0) is 4.79 Å². The molecule has 6 heteroatoms. The number of hydrogen-bond donors (Lipinski definition) is 2. The maximum Gasteiger partial charge on any atom is 0.224 e. The molecule has 2 N–H and O–H groups in total. The second kappa shape index (κ2) is 8.10. The van der Waals surface area contributed by atoms with E-state index in [2.05, 4.69) is 10.6 Å². The summed E-state index contributed by atoms with van der Waals surface area (Å²) in [4.78, 5) is 14.1. The van der Waals surface area contributed by atoms with Crippen LogP contribution in [0.4, 0.5) is 5.69 Å². The number of ether oxygens (including phenoxy) is 1. The minimum Gasteiger partial charge on any atom is -0.495 e. The van der Waals surface area contributed by atoms with Crippen LogP contribution in [0.3, 0.4) is 0 Å². The lowest BCUT2D eigenvalue weighted by Crippen LogP contribution is -2.35. The van der Waals surface area contributed by atoms with Crippen molar-refractivity contribution in [1.29, 1.82) is 0 Å². The highest BCUT2D eigenvalue weighted by Gasteiger charge is 2.14. The van der Waals surface area contributed by atoms with Crippen LogP contribution >= 0.6 is 11.6 Å². The smallest absolute Gasteiger partial charge is 0.224 e. The number of halogens is 1. The lowest BCUT2D eigenvalue weighted by atomic mass is 10.2. The van der Waals surface area contributed by atoms with Gasteiger partial charge in [-0.05, 0) is 31.2 Å². The Kier molecular flexibility index (Phi) is 6.14. The van der Waals surface area contributed by atoms with E-state index in [-0.39, 0.29) is 5.91 Å².